The average Bonchev–Trinajstić information content (AvgIpc) is 3.21. The van der Waals surface area contributed by atoms with Crippen LogP contribution in [0.3, 0.4) is 0 Å². The maximum Gasteiger partial charge on any atom is 0.243 e. The summed E-state index contributed by atoms with van der Waals surface area (Å²) in [6.45, 7) is 5.11. The fourth-order valence-corrected chi connectivity index (χ4v) is 3.38. The van der Waals surface area contributed by atoms with Gasteiger partial charge in [0.05, 0.1) is 0 Å². The largest absolute Gasteiger partial charge is 0.341 e. The zero-order valence-electron chi connectivity index (χ0n) is 12.8. The van der Waals surface area contributed by atoms with Gasteiger partial charge >= 0.3 is 0 Å². The molecule has 2 aliphatic rings. The molecule has 2 heterocycles. The molecule has 1 aliphatic carbocycles. The number of aromatic nitrogens is 3. The molecular weight excluding hydrogens is 266 g/mol. The van der Waals surface area contributed by atoms with Crippen LogP contribution in [0.15, 0.2) is 0 Å². The van der Waals surface area contributed by atoms with Crippen molar-refractivity contribution in [2.24, 2.45) is 5.84 Å². The summed E-state index contributed by atoms with van der Waals surface area (Å²) >= 11 is 0. The molecule has 21 heavy (non-hydrogen) atoms. The van der Waals surface area contributed by atoms with E-state index in [9.17, 15) is 0 Å². The Morgan fingerprint density at radius 3 is 2.48 bits per heavy atom. The normalized spacial score (nSPS) is 19.2. The van der Waals surface area contributed by atoms with Crippen LogP contribution in [0.2, 0.25) is 0 Å². The topological polar surface area (TPSA) is 83.2 Å². The Hall–Kier alpha value is -1.63. The van der Waals surface area contributed by atoms with E-state index in [1.807, 2.05) is 0 Å². The van der Waals surface area contributed by atoms with Crippen LogP contribution in [0.5, 0.6) is 0 Å². The van der Waals surface area contributed by atoms with E-state index in [0.717, 1.165) is 31.5 Å². The van der Waals surface area contributed by atoms with E-state index in [1.165, 1.54) is 38.5 Å². The van der Waals surface area contributed by atoms with Gasteiger partial charge in [0.1, 0.15) is 0 Å². The van der Waals surface area contributed by atoms with Gasteiger partial charge in [-0.15, -0.1) is 0 Å². The minimum Gasteiger partial charge on any atom is -0.341 e. The number of anilines is 3. The van der Waals surface area contributed by atoms with E-state index in [4.69, 9.17) is 10.8 Å². The maximum absolute atomic E-state index is 5.54. The highest BCUT2D eigenvalue weighted by atomic mass is 15.4. The number of nitrogens with one attached hydrogen (secondary N) is 1. The Kier molecular flexibility index (Phi) is 4.38. The van der Waals surface area contributed by atoms with Crippen LogP contribution < -0.4 is 21.1 Å². The molecular formula is C14H25N7. The average molecular weight is 291 g/mol. The Morgan fingerprint density at radius 1 is 1.14 bits per heavy atom. The molecule has 0 unspecified atom stereocenters. The number of nitrogens with zero attached hydrogens (tertiary/aromatic N) is 5. The van der Waals surface area contributed by atoms with Gasteiger partial charge in [-0.25, -0.2) is 5.84 Å². The second-order valence-electron chi connectivity index (χ2n) is 5.82. The minimum absolute atomic E-state index is 0.457. The van der Waals surface area contributed by atoms with Crippen LogP contribution >= 0.6 is 0 Å². The lowest BCUT2D eigenvalue weighted by molar-refractivity contribution is 0.603. The second kappa shape index (κ2) is 6.43. The Balaban J connectivity index is 1.89. The molecule has 7 nitrogen and oxygen atoms in total. The van der Waals surface area contributed by atoms with E-state index < -0.39 is 0 Å². The molecule has 1 aromatic rings. The van der Waals surface area contributed by atoms with Gasteiger partial charge < -0.3 is 9.80 Å². The van der Waals surface area contributed by atoms with Crippen molar-refractivity contribution >= 4 is 17.8 Å². The van der Waals surface area contributed by atoms with Crippen LogP contribution in [0.1, 0.15) is 45.4 Å². The lowest BCUT2D eigenvalue weighted by Gasteiger charge is -2.28. The smallest absolute Gasteiger partial charge is 0.243 e. The van der Waals surface area contributed by atoms with Crippen molar-refractivity contribution in [1.82, 2.24) is 15.0 Å². The van der Waals surface area contributed by atoms with E-state index >= 15 is 0 Å². The molecule has 1 aromatic heterocycles. The first-order chi connectivity index (χ1) is 10.3. The number of hydrazine groups is 1. The van der Waals surface area contributed by atoms with Crippen molar-refractivity contribution in [3.05, 3.63) is 0 Å². The van der Waals surface area contributed by atoms with Crippen molar-refractivity contribution < 1.29 is 0 Å². The third-order valence-electron chi connectivity index (χ3n) is 4.49. The van der Waals surface area contributed by atoms with E-state index in [2.05, 4.69) is 32.1 Å². The summed E-state index contributed by atoms with van der Waals surface area (Å²) in [5.41, 5.74) is 2.59. The third-order valence-corrected chi connectivity index (χ3v) is 4.49. The Bertz CT molecular complexity index is 466. The second-order valence-corrected chi connectivity index (χ2v) is 5.82. The fourth-order valence-electron chi connectivity index (χ4n) is 3.38. The van der Waals surface area contributed by atoms with Gasteiger partial charge in [-0.2, -0.15) is 15.0 Å². The molecule has 116 valence electrons. The van der Waals surface area contributed by atoms with Crippen molar-refractivity contribution in [3.63, 3.8) is 0 Å². The zero-order valence-corrected chi connectivity index (χ0v) is 12.8. The predicted molar refractivity (Wildman–Crippen MR) is 84.4 cm³/mol. The maximum atomic E-state index is 5.54. The first-order valence-corrected chi connectivity index (χ1v) is 8.06. The highest BCUT2D eigenvalue weighted by Crippen LogP contribution is 2.28. The van der Waals surface area contributed by atoms with Gasteiger partial charge in [0.25, 0.3) is 0 Å². The van der Waals surface area contributed by atoms with E-state index in [1.54, 1.807) is 0 Å². The van der Waals surface area contributed by atoms with Crippen molar-refractivity contribution in [3.8, 4) is 0 Å². The number of nitrogens with two attached hydrogens (primary N) is 1. The molecule has 0 spiro atoms. The molecule has 0 bridgehead atoms. The summed E-state index contributed by atoms with van der Waals surface area (Å²) in [6, 6.07) is 0.550. The standard InChI is InChI=1S/C14H25N7/c1-2-21(11-7-3-4-8-11)14-17-12(19-15)16-13(18-14)20-9-5-6-10-20/h11H,2-10,15H2,1H3,(H,16,17,18,19). The van der Waals surface area contributed by atoms with Gasteiger partial charge in [0.15, 0.2) is 0 Å². The highest BCUT2D eigenvalue weighted by molar-refractivity contribution is 5.46. The lowest BCUT2D eigenvalue weighted by atomic mass is 10.2. The molecule has 1 saturated carbocycles. The third kappa shape index (κ3) is 3.02. The first-order valence-electron chi connectivity index (χ1n) is 8.06. The molecule has 7 heteroatoms. The van der Waals surface area contributed by atoms with Gasteiger partial charge in [-0.05, 0) is 32.6 Å². The summed E-state index contributed by atoms with van der Waals surface area (Å²) in [5, 5.41) is 0. The molecule has 3 rings (SSSR count). The van der Waals surface area contributed by atoms with Crippen molar-refractivity contribution in [2.45, 2.75) is 51.5 Å². The molecule has 1 aliphatic heterocycles. The molecule has 0 radical (unpaired) electrons. The van der Waals surface area contributed by atoms with Gasteiger partial charge in [-0.3, -0.25) is 5.43 Å². The van der Waals surface area contributed by atoms with Gasteiger partial charge in [0.2, 0.25) is 17.8 Å². The van der Waals surface area contributed by atoms with Crippen LogP contribution in [0, 0.1) is 0 Å². The SMILES string of the molecule is CCN(c1nc(NN)nc(N2CCCC2)n1)C1CCCC1. The molecule has 0 aromatic carbocycles. The van der Waals surface area contributed by atoms with Crippen LogP contribution in [-0.4, -0.2) is 40.6 Å². The summed E-state index contributed by atoms with van der Waals surface area (Å²) in [6.07, 6.45) is 7.45. The highest BCUT2D eigenvalue weighted by Gasteiger charge is 2.25. The summed E-state index contributed by atoms with van der Waals surface area (Å²) in [4.78, 5) is 18.1. The quantitative estimate of drug-likeness (QED) is 0.628. The van der Waals surface area contributed by atoms with Gasteiger partial charge in [0, 0.05) is 25.7 Å². The predicted octanol–water partition coefficient (Wildman–Crippen LogP) is 1.53. The number of nitrogen functional groups attached to an aromatic ring is 1. The lowest BCUT2D eigenvalue weighted by Crippen LogP contribution is -2.35. The molecule has 0 amide bonds. The molecule has 1 saturated heterocycles. The van der Waals surface area contributed by atoms with Crippen LogP contribution in [0.4, 0.5) is 17.8 Å². The first kappa shape index (κ1) is 14.3. The Morgan fingerprint density at radius 2 is 1.86 bits per heavy atom. The number of rotatable bonds is 5. The van der Waals surface area contributed by atoms with E-state index in [0.29, 0.717) is 12.0 Å². The molecule has 0 atom stereocenters. The summed E-state index contributed by atoms with van der Waals surface area (Å²) in [5.74, 6) is 7.51. The van der Waals surface area contributed by atoms with Crippen LogP contribution in [0.25, 0.3) is 0 Å². The zero-order chi connectivity index (χ0) is 14.7. The van der Waals surface area contributed by atoms with Crippen LogP contribution in [-0.2, 0) is 0 Å². The van der Waals surface area contributed by atoms with Gasteiger partial charge in [-0.1, -0.05) is 12.8 Å². The summed E-state index contributed by atoms with van der Waals surface area (Å²) < 4.78 is 0. The number of hydrogen-bond donors (Lipinski definition) is 2. The van der Waals surface area contributed by atoms with E-state index in [-0.39, 0.29) is 0 Å². The molecule has 3 N–H and O–H groups in total. The monoisotopic (exact) mass is 291 g/mol. The van der Waals surface area contributed by atoms with Crippen molar-refractivity contribution in [2.75, 3.05) is 34.9 Å². The molecule has 2 fully saturated rings. The number of hydrogen-bond acceptors (Lipinski definition) is 7. The summed E-state index contributed by atoms with van der Waals surface area (Å²) in [7, 11) is 0. The minimum atomic E-state index is 0.457. The van der Waals surface area contributed by atoms with Crippen molar-refractivity contribution in [1.29, 1.82) is 0 Å². The fraction of sp³-hybridized carbons (Fsp3) is 0.786. The Labute approximate surface area is 125 Å².